The summed E-state index contributed by atoms with van der Waals surface area (Å²) >= 11 is 1.86. The molecule has 280 valence electrons. The minimum absolute atomic E-state index is 0.747. The first-order valence-corrected chi connectivity index (χ1v) is 21.2. The maximum absolute atomic E-state index is 5.37. The molecule has 2 aromatic heterocycles. The quantitative estimate of drug-likeness (QED) is 0.161. The Morgan fingerprint density at radius 3 is 1.88 bits per heavy atom. The van der Waals surface area contributed by atoms with Gasteiger partial charge in [0.1, 0.15) is 0 Å². The van der Waals surface area contributed by atoms with E-state index in [9.17, 15) is 0 Å². The largest absolute Gasteiger partial charge is 0.309 e. The molecule has 0 spiro atoms. The predicted octanol–water partition coefficient (Wildman–Crippen LogP) is 14.9. The lowest BCUT2D eigenvalue weighted by atomic mass is 9.97. The Labute approximate surface area is 347 Å². The SMILES string of the molecule is C1=C(c2ccccc2)/N=C(c2ccccc2)\N=C(\c2ccc3c(c2)sc2cccc(-c4ccc5c6ccccc6n(-c6ccc(-c7ccccc7)cc6)c5c4)c23)CCC\1. The van der Waals surface area contributed by atoms with Crippen LogP contribution in [0.5, 0.6) is 0 Å². The summed E-state index contributed by atoms with van der Waals surface area (Å²) in [5.74, 6) is 0.747. The molecule has 0 saturated heterocycles. The van der Waals surface area contributed by atoms with Crippen LogP contribution < -0.4 is 0 Å². The highest BCUT2D eigenvalue weighted by Gasteiger charge is 2.18. The van der Waals surface area contributed by atoms with E-state index in [0.717, 1.165) is 58.9 Å². The molecular formula is C55H39N3S. The lowest BCUT2D eigenvalue weighted by Gasteiger charge is -2.11. The number of allylic oxidation sites excluding steroid dienone is 1. The minimum atomic E-state index is 0.747. The van der Waals surface area contributed by atoms with E-state index in [1.165, 1.54) is 64.2 Å². The fourth-order valence-electron chi connectivity index (χ4n) is 8.69. The van der Waals surface area contributed by atoms with E-state index < -0.39 is 0 Å². The molecule has 1 aliphatic rings. The van der Waals surface area contributed by atoms with Gasteiger partial charge in [-0.3, -0.25) is 0 Å². The molecule has 11 rings (SSSR count). The van der Waals surface area contributed by atoms with Crippen molar-refractivity contribution in [2.75, 3.05) is 0 Å². The topological polar surface area (TPSA) is 29.6 Å². The summed E-state index contributed by atoms with van der Waals surface area (Å²) in [7, 11) is 0. The van der Waals surface area contributed by atoms with Gasteiger partial charge in [-0.1, -0.05) is 164 Å². The second-order valence-corrected chi connectivity index (χ2v) is 16.3. The van der Waals surface area contributed by atoms with Crippen molar-refractivity contribution in [3.05, 3.63) is 217 Å². The van der Waals surface area contributed by atoms with Crippen LogP contribution in [-0.4, -0.2) is 16.1 Å². The Kier molecular flexibility index (Phi) is 8.90. The zero-order chi connectivity index (χ0) is 39.1. The fraction of sp³-hybridized carbons (Fsp3) is 0.0545. The van der Waals surface area contributed by atoms with Crippen molar-refractivity contribution in [1.29, 1.82) is 0 Å². The summed E-state index contributed by atoms with van der Waals surface area (Å²) in [5.41, 5.74) is 13.8. The third-order valence-electron chi connectivity index (χ3n) is 11.6. The van der Waals surface area contributed by atoms with Crippen molar-refractivity contribution in [2.45, 2.75) is 19.3 Å². The Morgan fingerprint density at radius 2 is 1.08 bits per heavy atom. The van der Waals surface area contributed by atoms with Crippen molar-refractivity contribution in [2.24, 2.45) is 9.98 Å². The molecule has 3 heterocycles. The molecule has 0 N–H and O–H groups in total. The first-order chi connectivity index (χ1) is 29.2. The molecular weight excluding hydrogens is 735 g/mol. The van der Waals surface area contributed by atoms with Gasteiger partial charge in [0.05, 0.1) is 22.4 Å². The van der Waals surface area contributed by atoms with Gasteiger partial charge >= 0.3 is 0 Å². The van der Waals surface area contributed by atoms with E-state index in [1.807, 2.05) is 17.4 Å². The Bertz CT molecular complexity index is 3260. The highest BCUT2D eigenvalue weighted by atomic mass is 32.1. The van der Waals surface area contributed by atoms with Crippen LogP contribution in [-0.2, 0) is 0 Å². The molecule has 8 aromatic carbocycles. The number of fused-ring (bicyclic) bond motifs is 6. The highest BCUT2D eigenvalue weighted by molar-refractivity contribution is 7.26. The van der Waals surface area contributed by atoms with E-state index in [4.69, 9.17) is 9.98 Å². The molecule has 3 nitrogen and oxygen atoms in total. The van der Waals surface area contributed by atoms with Crippen LogP contribution in [0.15, 0.2) is 210 Å². The average Bonchev–Trinajstić information content (AvgIpc) is 3.88. The summed E-state index contributed by atoms with van der Waals surface area (Å²) in [5, 5.41) is 5.08. The number of amidine groups is 1. The average molecular weight is 774 g/mol. The number of nitrogens with zero attached hydrogens (tertiary/aromatic N) is 3. The number of hydrogen-bond acceptors (Lipinski definition) is 3. The van der Waals surface area contributed by atoms with Gasteiger partial charge in [0, 0.05) is 42.2 Å². The fourth-order valence-corrected chi connectivity index (χ4v) is 9.86. The molecule has 10 aromatic rings. The Morgan fingerprint density at radius 1 is 0.441 bits per heavy atom. The number of rotatable bonds is 6. The Balaban J connectivity index is 1.01. The summed E-state index contributed by atoms with van der Waals surface area (Å²) < 4.78 is 4.97. The molecule has 0 atom stereocenters. The van der Waals surface area contributed by atoms with Crippen molar-refractivity contribution in [3.8, 4) is 27.9 Å². The standard InChI is InChI=1S/C55H39N3S/c1-4-15-37(16-5-1)38-27-31-43(32-28-38)58-50-25-13-10-21-45(50)46-33-29-41(35-51(46)58)44-22-14-26-52-54(44)47-34-30-42(36-53(47)59-52)49-24-12-11-23-48(39-17-6-2-7-18-39)56-55(57-49)40-19-8-3-9-20-40/h1-10,13-23,25-36H,11-12,24H2/b48-23-,56-55-,57-49+. The molecule has 0 amide bonds. The number of thiophene rings is 1. The zero-order valence-electron chi connectivity index (χ0n) is 32.4. The van der Waals surface area contributed by atoms with Crippen LogP contribution >= 0.6 is 11.3 Å². The zero-order valence-corrected chi connectivity index (χ0v) is 33.2. The monoisotopic (exact) mass is 773 g/mol. The molecule has 0 saturated carbocycles. The number of aromatic nitrogens is 1. The van der Waals surface area contributed by atoms with Crippen molar-refractivity contribution < 1.29 is 0 Å². The summed E-state index contributed by atoms with van der Waals surface area (Å²) in [6.07, 6.45) is 5.07. The third-order valence-corrected chi connectivity index (χ3v) is 12.7. The van der Waals surface area contributed by atoms with Crippen molar-refractivity contribution >= 4 is 70.6 Å². The van der Waals surface area contributed by atoms with Crippen LogP contribution in [0.4, 0.5) is 0 Å². The van der Waals surface area contributed by atoms with Crippen LogP contribution in [0.25, 0.3) is 75.6 Å². The second-order valence-electron chi connectivity index (χ2n) is 15.2. The van der Waals surface area contributed by atoms with Crippen molar-refractivity contribution in [1.82, 2.24) is 4.57 Å². The summed E-state index contributed by atoms with van der Waals surface area (Å²) in [6.45, 7) is 0. The number of aliphatic imine (C=N–C) groups is 2. The van der Waals surface area contributed by atoms with Gasteiger partial charge in [-0.2, -0.15) is 0 Å². The number of para-hydroxylation sites is 1. The molecule has 59 heavy (non-hydrogen) atoms. The maximum atomic E-state index is 5.37. The molecule has 0 bridgehead atoms. The van der Waals surface area contributed by atoms with Gasteiger partial charge < -0.3 is 4.57 Å². The van der Waals surface area contributed by atoms with E-state index in [-0.39, 0.29) is 0 Å². The predicted molar refractivity (Wildman–Crippen MR) is 252 cm³/mol. The summed E-state index contributed by atoms with van der Waals surface area (Å²) in [6, 6.07) is 69.9. The molecule has 1 aliphatic heterocycles. The van der Waals surface area contributed by atoms with E-state index >= 15 is 0 Å². The van der Waals surface area contributed by atoms with Gasteiger partial charge in [0.15, 0.2) is 5.84 Å². The van der Waals surface area contributed by atoms with Crippen LogP contribution in [0.2, 0.25) is 0 Å². The lowest BCUT2D eigenvalue weighted by molar-refractivity contribution is 0.896. The van der Waals surface area contributed by atoms with E-state index in [0.29, 0.717) is 0 Å². The highest BCUT2D eigenvalue weighted by Crippen LogP contribution is 2.42. The smallest absolute Gasteiger partial charge is 0.160 e. The molecule has 4 heteroatoms. The molecule has 0 fully saturated rings. The normalized spacial score (nSPS) is 16.2. The van der Waals surface area contributed by atoms with Gasteiger partial charge in [0.2, 0.25) is 0 Å². The third kappa shape index (κ3) is 6.48. The lowest BCUT2D eigenvalue weighted by Crippen LogP contribution is -2.07. The minimum Gasteiger partial charge on any atom is -0.309 e. The Hall–Kier alpha value is -7.14. The number of hydrogen-bond donors (Lipinski definition) is 0. The van der Waals surface area contributed by atoms with Gasteiger partial charge in [-0.15, -0.1) is 11.3 Å². The second kappa shape index (κ2) is 15.0. The first kappa shape index (κ1) is 35.1. The molecule has 0 unspecified atom stereocenters. The molecule has 0 aliphatic carbocycles. The van der Waals surface area contributed by atoms with Gasteiger partial charge in [-0.25, -0.2) is 9.98 Å². The maximum Gasteiger partial charge on any atom is 0.160 e. The van der Waals surface area contributed by atoms with Crippen molar-refractivity contribution in [3.63, 3.8) is 0 Å². The summed E-state index contributed by atoms with van der Waals surface area (Å²) in [4.78, 5) is 10.6. The van der Waals surface area contributed by atoms with Gasteiger partial charge in [-0.05, 0) is 89.0 Å². The van der Waals surface area contributed by atoms with Gasteiger partial charge in [0.25, 0.3) is 0 Å². The van der Waals surface area contributed by atoms with E-state index in [1.54, 1.807) is 0 Å². The molecule has 0 radical (unpaired) electrons. The van der Waals surface area contributed by atoms with E-state index in [2.05, 4.69) is 199 Å². The number of benzene rings is 8. The van der Waals surface area contributed by atoms with Crippen LogP contribution in [0.3, 0.4) is 0 Å². The first-order valence-electron chi connectivity index (χ1n) is 20.4. The van der Waals surface area contributed by atoms with Crippen LogP contribution in [0, 0.1) is 0 Å². The van der Waals surface area contributed by atoms with Crippen LogP contribution in [0.1, 0.15) is 36.0 Å².